The summed E-state index contributed by atoms with van der Waals surface area (Å²) in [7, 11) is 0. The Hall–Kier alpha value is -0.380. The highest BCUT2D eigenvalue weighted by Crippen LogP contribution is 2.25. The van der Waals surface area contributed by atoms with Crippen LogP contribution in [-0.4, -0.2) is 36.6 Å². The molecule has 18 heavy (non-hydrogen) atoms. The average Bonchev–Trinajstić information content (AvgIpc) is 2.84. The second kappa shape index (κ2) is 9.54. The molecule has 1 fully saturated rings. The van der Waals surface area contributed by atoms with Gasteiger partial charge in [-0.1, -0.05) is 13.8 Å². The Balaban J connectivity index is 2.22. The molecule has 1 saturated heterocycles. The van der Waals surface area contributed by atoms with Crippen molar-refractivity contribution in [2.75, 3.05) is 25.4 Å². The van der Waals surface area contributed by atoms with Gasteiger partial charge in [0.15, 0.2) is 5.96 Å². The Kier molecular flexibility index (Phi) is 8.31. The summed E-state index contributed by atoms with van der Waals surface area (Å²) >= 11 is 2.07. The summed E-state index contributed by atoms with van der Waals surface area (Å²) in [6.07, 6.45) is 5.20. The first kappa shape index (κ1) is 15.7. The SMILES string of the molecule is CCNC(=NCC1CCCS1)NCCCC(C)C. The van der Waals surface area contributed by atoms with E-state index < -0.39 is 0 Å². The van der Waals surface area contributed by atoms with Gasteiger partial charge in [0.25, 0.3) is 0 Å². The Morgan fingerprint density at radius 3 is 2.83 bits per heavy atom. The van der Waals surface area contributed by atoms with Crippen molar-refractivity contribution in [3.05, 3.63) is 0 Å². The fourth-order valence-corrected chi connectivity index (χ4v) is 3.22. The zero-order valence-corrected chi connectivity index (χ0v) is 13.0. The summed E-state index contributed by atoms with van der Waals surface area (Å²) in [5.74, 6) is 3.11. The lowest BCUT2D eigenvalue weighted by atomic mass is 10.1. The van der Waals surface area contributed by atoms with E-state index in [4.69, 9.17) is 0 Å². The molecule has 0 aliphatic carbocycles. The minimum absolute atomic E-state index is 0.746. The number of guanidine groups is 1. The van der Waals surface area contributed by atoms with Crippen LogP contribution >= 0.6 is 11.8 Å². The van der Waals surface area contributed by atoms with E-state index in [0.717, 1.165) is 36.8 Å². The van der Waals surface area contributed by atoms with Gasteiger partial charge in [-0.2, -0.15) is 11.8 Å². The number of hydrogen-bond donors (Lipinski definition) is 2. The van der Waals surface area contributed by atoms with E-state index in [0.29, 0.717) is 0 Å². The maximum atomic E-state index is 4.69. The van der Waals surface area contributed by atoms with Gasteiger partial charge in [0.05, 0.1) is 6.54 Å². The fraction of sp³-hybridized carbons (Fsp3) is 0.929. The van der Waals surface area contributed by atoms with Gasteiger partial charge >= 0.3 is 0 Å². The van der Waals surface area contributed by atoms with Gasteiger partial charge < -0.3 is 10.6 Å². The quantitative estimate of drug-likeness (QED) is 0.425. The Morgan fingerprint density at radius 1 is 1.39 bits per heavy atom. The maximum absolute atomic E-state index is 4.69. The van der Waals surface area contributed by atoms with Crippen LogP contribution < -0.4 is 10.6 Å². The second-order valence-electron chi connectivity index (χ2n) is 5.32. The standard InChI is InChI=1S/C14H29N3S/c1-4-15-14(16-9-5-7-12(2)3)17-11-13-8-6-10-18-13/h12-13H,4-11H2,1-3H3,(H2,15,16,17). The molecule has 1 heterocycles. The molecular formula is C14H29N3S. The highest BCUT2D eigenvalue weighted by Gasteiger charge is 2.14. The van der Waals surface area contributed by atoms with E-state index >= 15 is 0 Å². The van der Waals surface area contributed by atoms with Crippen LogP contribution in [0.5, 0.6) is 0 Å². The van der Waals surface area contributed by atoms with Gasteiger partial charge in [-0.3, -0.25) is 4.99 Å². The number of hydrogen-bond acceptors (Lipinski definition) is 2. The number of nitrogens with one attached hydrogen (secondary N) is 2. The van der Waals surface area contributed by atoms with Crippen molar-refractivity contribution in [1.82, 2.24) is 10.6 Å². The van der Waals surface area contributed by atoms with Crippen LogP contribution in [0.15, 0.2) is 4.99 Å². The van der Waals surface area contributed by atoms with Gasteiger partial charge in [0, 0.05) is 18.3 Å². The van der Waals surface area contributed by atoms with Gasteiger partial charge in [-0.15, -0.1) is 0 Å². The summed E-state index contributed by atoms with van der Waals surface area (Å²) in [5.41, 5.74) is 0. The Morgan fingerprint density at radius 2 is 2.22 bits per heavy atom. The normalized spacial score (nSPS) is 20.4. The molecule has 1 atom stereocenters. The highest BCUT2D eigenvalue weighted by atomic mass is 32.2. The predicted molar refractivity (Wildman–Crippen MR) is 83.5 cm³/mol. The minimum atomic E-state index is 0.746. The van der Waals surface area contributed by atoms with Crippen molar-refractivity contribution >= 4 is 17.7 Å². The van der Waals surface area contributed by atoms with E-state index in [2.05, 4.69) is 48.2 Å². The summed E-state index contributed by atoms with van der Waals surface area (Å²) < 4.78 is 0. The van der Waals surface area contributed by atoms with Crippen molar-refractivity contribution < 1.29 is 0 Å². The van der Waals surface area contributed by atoms with Crippen LogP contribution in [-0.2, 0) is 0 Å². The van der Waals surface area contributed by atoms with E-state index in [9.17, 15) is 0 Å². The third-order valence-electron chi connectivity index (χ3n) is 3.07. The largest absolute Gasteiger partial charge is 0.357 e. The lowest BCUT2D eigenvalue weighted by Crippen LogP contribution is -2.38. The molecule has 0 aromatic rings. The van der Waals surface area contributed by atoms with Crippen LogP contribution in [0, 0.1) is 5.92 Å². The average molecular weight is 271 g/mol. The zero-order valence-electron chi connectivity index (χ0n) is 12.2. The monoisotopic (exact) mass is 271 g/mol. The van der Waals surface area contributed by atoms with Crippen LogP contribution in [0.1, 0.15) is 46.5 Å². The maximum Gasteiger partial charge on any atom is 0.191 e. The molecule has 0 amide bonds. The summed E-state index contributed by atoms with van der Waals surface area (Å²) in [5, 5.41) is 7.50. The van der Waals surface area contributed by atoms with Crippen LogP contribution in [0.3, 0.4) is 0 Å². The van der Waals surface area contributed by atoms with Gasteiger partial charge in [0.1, 0.15) is 0 Å². The Labute approximate surface area is 117 Å². The van der Waals surface area contributed by atoms with Crippen molar-refractivity contribution in [2.24, 2.45) is 10.9 Å². The number of rotatable bonds is 7. The molecule has 1 aliphatic heterocycles. The van der Waals surface area contributed by atoms with Crippen molar-refractivity contribution in [3.63, 3.8) is 0 Å². The van der Waals surface area contributed by atoms with E-state index in [1.807, 2.05) is 0 Å². The smallest absolute Gasteiger partial charge is 0.191 e. The lowest BCUT2D eigenvalue weighted by molar-refractivity contribution is 0.549. The molecule has 0 bridgehead atoms. The molecular weight excluding hydrogens is 242 g/mol. The molecule has 0 saturated carbocycles. The van der Waals surface area contributed by atoms with Gasteiger partial charge in [-0.25, -0.2) is 0 Å². The molecule has 3 nitrogen and oxygen atoms in total. The van der Waals surface area contributed by atoms with E-state index in [1.165, 1.54) is 31.4 Å². The summed E-state index contributed by atoms with van der Waals surface area (Å²) in [4.78, 5) is 4.69. The molecule has 1 rings (SSSR count). The zero-order chi connectivity index (χ0) is 13.2. The van der Waals surface area contributed by atoms with Crippen molar-refractivity contribution in [1.29, 1.82) is 0 Å². The lowest BCUT2D eigenvalue weighted by Gasteiger charge is -2.13. The van der Waals surface area contributed by atoms with E-state index in [-0.39, 0.29) is 0 Å². The highest BCUT2D eigenvalue weighted by molar-refractivity contribution is 8.00. The number of aliphatic imine (C=N–C) groups is 1. The first-order valence-electron chi connectivity index (χ1n) is 7.36. The molecule has 1 unspecified atom stereocenters. The molecule has 1 aliphatic rings. The molecule has 0 aromatic carbocycles. The minimum Gasteiger partial charge on any atom is -0.357 e. The van der Waals surface area contributed by atoms with Crippen LogP contribution in [0.2, 0.25) is 0 Å². The number of thioether (sulfide) groups is 1. The van der Waals surface area contributed by atoms with E-state index in [1.54, 1.807) is 0 Å². The first-order chi connectivity index (χ1) is 8.72. The molecule has 0 spiro atoms. The second-order valence-corrected chi connectivity index (χ2v) is 6.73. The topological polar surface area (TPSA) is 36.4 Å². The molecule has 0 radical (unpaired) electrons. The Bertz CT molecular complexity index is 235. The first-order valence-corrected chi connectivity index (χ1v) is 8.41. The fourth-order valence-electron chi connectivity index (χ4n) is 2.04. The molecule has 106 valence electrons. The molecule has 0 aromatic heterocycles. The van der Waals surface area contributed by atoms with Crippen LogP contribution in [0.4, 0.5) is 0 Å². The van der Waals surface area contributed by atoms with Crippen molar-refractivity contribution in [3.8, 4) is 0 Å². The van der Waals surface area contributed by atoms with Gasteiger partial charge in [-0.05, 0) is 44.3 Å². The van der Waals surface area contributed by atoms with Gasteiger partial charge in [0.2, 0.25) is 0 Å². The molecule has 4 heteroatoms. The van der Waals surface area contributed by atoms with Crippen LogP contribution in [0.25, 0.3) is 0 Å². The third kappa shape index (κ3) is 7.14. The summed E-state index contributed by atoms with van der Waals surface area (Å²) in [6.45, 7) is 9.60. The number of nitrogens with zero attached hydrogens (tertiary/aromatic N) is 1. The molecule has 2 N–H and O–H groups in total. The summed E-state index contributed by atoms with van der Waals surface area (Å²) in [6, 6.07) is 0. The third-order valence-corrected chi connectivity index (χ3v) is 4.45. The predicted octanol–water partition coefficient (Wildman–Crippen LogP) is 2.87. The van der Waals surface area contributed by atoms with Crippen molar-refractivity contribution in [2.45, 2.75) is 51.7 Å².